The maximum Gasteiger partial charge on any atom is 0.411 e. The maximum absolute atomic E-state index is 12.4. The molecule has 33 heavy (non-hydrogen) atoms. The van der Waals surface area contributed by atoms with E-state index in [9.17, 15) is 19.2 Å². The lowest BCUT2D eigenvalue weighted by Crippen LogP contribution is -2.47. The normalized spacial score (nSPS) is 29.3. The zero-order chi connectivity index (χ0) is 23.0. The standard InChI is InChI=1S/C24H21NO8/c26-20(14-7-3-1-4-8-14)30-12-15-11-24(13-31-23(29)25-16-9-5-2-6-10-16)18-17(19(15)33-24)21(27)32-22(18)28/h1-10,15,17-19H,11-13H2,(H,25,29). The lowest BCUT2D eigenvalue weighted by atomic mass is 9.69. The molecule has 0 spiro atoms. The molecule has 5 unspecified atom stereocenters. The van der Waals surface area contributed by atoms with Gasteiger partial charge >= 0.3 is 24.0 Å². The fourth-order valence-electron chi connectivity index (χ4n) is 4.96. The van der Waals surface area contributed by atoms with Gasteiger partial charge in [-0.2, -0.15) is 0 Å². The summed E-state index contributed by atoms with van der Waals surface area (Å²) in [6.07, 6.45) is -1.10. The van der Waals surface area contributed by atoms with E-state index in [-0.39, 0.29) is 25.6 Å². The largest absolute Gasteiger partial charge is 0.462 e. The number of cyclic esters (lactones) is 2. The molecule has 3 fully saturated rings. The second-order valence-electron chi connectivity index (χ2n) is 8.39. The van der Waals surface area contributed by atoms with Gasteiger partial charge in [0.05, 0.1) is 18.3 Å². The molecule has 3 aliphatic heterocycles. The van der Waals surface area contributed by atoms with Crippen LogP contribution >= 0.6 is 0 Å². The molecule has 0 aromatic heterocycles. The van der Waals surface area contributed by atoms with Crippen molar-refractivity contribution in [1.82, 2.24) is 0 Å². The van der Waals surface area contributed by atoms with E-state index in [2.05, 4.69) is 5.32 Å². The molecular formula is C24H21NO8. The second-order valence-corrected chi connectivity index (χ2v) is 8.39. The number of fused-ring (bicyclic) bond motifs is 5. The topological polar surface area (TPSA) is 117 Å². The average Bonchev–Trinajstić information content (AvgIpc) is 3.46. The molecule has 3 heterocycles. The molecule has 1 amide bonds. The Morgan fingerprint density at radius 2 is 1.67 bits per heavy atom. The molecule has 5 atom stereocenters. The monoisotopic (exact) mass is 451 g/mol. The van der Waals surface area contributed by atoms with Gasteiger partial charge in [-0.15, -0.1) is 0 Å². The van der Waals surface area contributed by atoms with Crippen molar-refractivity contribution < 1.29 is 38.1 Å². The van der Waals surface area contributed by atoms with Gasteiger partial charge in [-0.3, -0.25) is 14.9 Å². The summed E-state index contributed by atoms with van der Waals surface area (Å²) in [5.41, 5.74) is -0.252. The third-order valence-electron chi connectivity index (χ3n) is 6.36. The minimum atomic E-state index is -1.21. The first-order valence-electron chi connectivity index (χ1n) is 10.6. The molecule has 170 valence electrons. The molecular weight excluding hydrogens is 430 g/mol. The maximum atomic E-state index is 12.4. The number of benzene rings is 2. The van der Waals surface area contributed by atoms with Gasteiger partial charge in [0.1, 0.15) is 24.0 Å². The van der Waals surface area contributed by atoms with E-state index in [4.69, 9.17) is 18.9 Å². The van der Waals surface area contributed by atoms with E-state index in [0.717, 1.165) is 0 Å². The summed E-state index contributed by atoms with van der Waals surface area (Å²) in [6.45, 7) is -0.240. The lowest BCUT2D eigenvalue weighted by Gasteiger charge is -2.31. The number of carbonyl (C=O) groups excluding carboxylic acids is 4. The Morgan fingerprint density at radius 1 is 0.970 bits per heavy atom. The van der Waals surface area contributed by atoms with Gasteiger partial charge in [0.25, 0.3) is 0 Å². The van der Waals surface area contributed by atoms with Crippen LogP contribution in [-0.2, 0) is 28.5 Å². The minimum absolute atomic E-state index is 0.00104. The summed E-state index contributed by atoms with van der Waals surface area (Å²) in [5.74, 6) is -3.86. The third kappa shape index (κ3) is 3.84. The van der Waals surface area contributed by atoms with Crippen LogP contribution in [0, 0.1) is 17.8 Å². The van der Waals surface area contributed by atoms with Crippen LogP contribution < -0.4 is 5.32 Å². The number of esters is 3. The molecule has 2 bridgehead atoms. The molecule has 3 saturated heterocycles. The van der Waals surface area contributed by atoms with Crippen LogP contribution in [0.15, 0.2) is 60.7 Å². The van der Waals surface area contributed by atoms with Gasteiger partial charge < -0.3 is 18.9 Å². The second kappa shape index (κ2) is 8.32. The number of anilines is 1. The molecule has 1 N–H and O–H groups in total. The van der Waals surface area contributed by atoms with Crippen LogP contribution in [-0.4, -0.2) is 48.9 Å². The van der Waals surface area contributed by atoms with Crippen molar-refractivity contribution in [3.63, 3.8) is 0 Å². The predicted octanol–water partition coefficient (Wildman–Crippen LogP) is 2.57. The Kier molecular flexibility index (Phi) is 5.33. The van der Waals surface area contributed by atoms with Crippen LogP contribution in [0.5, 0.6) is 0 Å². The van der Waals surface area contributed by atoms with E-state index in [1.807, 2.05) is 6.07 Å². The van der Waals surface area contributed by atoms with Crippen molar-refractivity contribution in [2.45, 2.75) is 18.1 Å². The number of para-hydroxylation sites is 1. The number of carbonyl (C=O) groups is 4. The van der Waals surface area contributed by atoms with Crippen LogP contribution in [0.4, 0.5) is 10.5 Å². The Bertz CT molecular complexity index is 1090. The number of rotatable bonds is 6. The molecule has 9 nitrogen and oxygen atoms in total. The van der Waals surface area contributed by atoms with Crippen molar-refractivity contribution in [2.24, 2.45) is 17.8 Å². The Hall–Kier alpha value is -3.72. The smallest absolute Gasteiger partial charge is 0.411 e. The fraction of sp³-hybridized carbons (Fsp3) is 0.333. The zero-order valence-corrected chi connectivity index (χ0v) is 17.5. The first-order valence-corrected chi connectivity index (χ1v) is 10.6. The Labute approximate surface area is 189 Å². The highest BCUT2D eigenvalue weighted by atomic mass is 16.6. The van der Waals surface area contributed by atoms with Gasteiger partial charge in [0, 0.05) is 11.6 Å². The first-order chi connectivity index (χ1) is 16.0. The van der Waals surface area contributed by atoms with Crippen molar-refractivity contribution in [2.75, 3.05) is 18.5 Å². The van der Waals surface area contributed by atoms with Crippen LogP contribution in [0.1, 0.15) is 16.8 Å². The van der Waals surface area contributed by atoms with Crippen molar-refractivity contribution in [1.29, 1.82) is 0 Å². The summed E-state index contributed by atoms with van der Waals surface area (Å²) in [4.78, 5) is 49.3. The van der Waals surface area contributed by atoms with E-state index < -0.39 is 47.5 Å². The van der Waals surface area contributed by atoms with E-state index >= 15 is 0 Å². The van der Waals surface area contributed by atoms with Gasteiger partial charge in [0.2, 0.25) is 0 Å². The highest BCUT2D eigenvalue weighted by Gasteiger charge is 2.72. The van der Waals surface area contributed by atoms with E-state index in [0.29, 0.717) is 11.3 Å². The quantitative estimate of drug-likeness (QED) is 0.405. The number of ether oxygens (including phenoxy) is 4. The van der Waals surface area contributed by atoms with E-state index in [1.165, 1.54) is 0 Å². The SMILES string of the molecule is O=C(Nc1ccccc1)OCC12CC(COC(=O)c3ccccc3)C(O1)C1C(=O)OC(=O)C12. The number of hydrogen-bond acceptors (Lipinski definition) is 8. The van der Waals surface area contributed by atoms with Crippen molar-refractivity contribution in [3.05, 3.63) is 66.2 Å². The van der Waals surface area contributed by atoms with Crippen LogP contribution in [0.25, 0.3) is 0 Å². The first kappa shape index (κ1) is 21.1. The summed E-state index contributed by atoms with van der Waals surface area (Å²) in [6, 6.07) is 17.3. The highest BCUT2D eigenvalue weighted by Crippen LogP contribution is 2.57. The average molecular weight is 451 g/mol. The summed E-state index contributed by atoms with van der Waals surface area (Å²) < 4.78 is 21.8. The molecule has 0 radical (unpaired) electrons. The molecule has 0 aliphatic carbocycles. The van der Waals surface area contributed by atoms with Gasteiger partial charge in [-0.05, 0) is 30.7 Å². The van der Waals surface area contributed by atoms with Crippen LogP contribution in [0.2, 0.25) is 0 Å². The molecule has 2 aromatic rings. The molecule has 3 aliphatic rings. The Morgan fingerprint density at radius 3 is 2.39 bits per heavy atom. The molecule has 0 saturated carbocycles. The number of hydrogen-bond donors (Lipinski definition) is 1. The number of amides is 1. The third-order valence-corrected chi connectivity index (χ3v) is 6.36. The minimum Gasteiger partial charge on any atom is -0.462 e. The zero-order valence-electron chi connectivity index (χ0n) is 17.5. The summed E-state index contributed by atoms with van der Waals surface area (Å²) >= 11 is 0. The molecule has 5 rings (SSSR count). The number of nitrogens with one attached hydrogen (secondary N) is 1. The van der Waals surface area contributed by atoms with Gasteiger partial charge in [-0.1, -0.05) is 36.4 Å². The summed E-state index contributed by atoms with van der Waals surface area (Å²) in [5, 5.41) is 2.60. The highest BCUT2D eigenvalue weighted by molar-refractivity contribution is 5.98. The predicted molar refractivity (Wildman–Crippen MR) is 112 cm³/mol. The van der Waals surface area contributed by atoms with Crippen molar-refractivity contribution >= 4 is 29.7 Å². The van der Waals surface area contributed by atoms with Crippen molar-refractivity contribution in [3.8, 4) is 0 Å². The lowest BCUT2D eigenvalue weighted by molar-refractivity contribution is -0.160. The van der Waals surface area contributed by atoms with Gasteiger partial charge in [0.15, 0.2) is 0 Å². The summed E-state index contributed by atoms with van der Waals surface area (Å²) in [7, 11) is 0. The van der Waals surface area contributed by atoms with Gasteiger partial charge in [-0.25, -0.2) is 9.59 Å². The molecule has 9 heteroatoms. The molecule has 2 aromatic carbocycles. The Balaban J connectivity index is 1.27. The van der Waals surface area contributed by atoms with E-state index in [1.54, 1.807) is 54.6 Å². The fourth-order valence-corrected chi connectivity index (χ4v) is 4.96. The van der Waals surface area contributed by atoms with Crippen LogP contribution in [0.3, 0.4) is 0 Å².